The summed E-state index contributed by atoms with van der Waals surface area (Å²) >= 11 is 0. The predicted octanol–water partition coefficient (Wildman–Crippen LogP) is 4.69. The van der Waals surface area contributed by atoms with Gasteiger partial charge in [-0.15, -0.1) is 0 Å². The molecule has 132 valence electrons. The van der Waals surface area contributed by atoms with Crippen molar-refractivity contribution in [1.29, 1.82) is 0 Å². The lowest BCUT2D eigenvalue weighted by Crippen LogP contribution is -2.07. The Kier molecular flexibility index (Phi) is 4.17. The number of rotatable bonds is 4. The minimum absolute atomic E-state index is 0.525. The SMILES string of the molecule is COc1cc(C2=CCOc3ccc4ccccc4c32)cc(OC)c1OC. The third-order valence-electron chi connectivity index (χ3n) is 4.66. The van der Waals surface area contributed by atoms with Gasteiger partial charge in [0.1, 0.15) is 12.4 Å². The lowest BCUT2D eigenvalue weighted by atomic mass is 9.90. The molecule has 3 aromatic carbocycles. The van der Waals surface area contributed by atoms with E-state index in [1.807, 2.05) is 30.3 Å². The highest BCUT2D eigenvalue weighted by molar-refractivity contribution is 6.01. The zero-order valence-electron chi connectivity index (χ0n) is 15.0. The first-order chi connectivity index (χ1) is 12.8. The molecular weight excluding hydrogens is 328 g/mol. The van der Waals surface area contributed by atoms with E-state index in [0.717, 1.165) is 27.8 Å². The Morgan fingerprint density at radius 3 is 2.27 bits per heavy atom. The summed E-state index contributed by atoms with van der Waals surface area (Å²) in [5.74, 6) is 2.74. The molecule has 0 aliphatic carbocycles. The molecule has 0 spiro atoms. The standard InChI is InChI=1S/C22H20O4/c1-23-19-12-15(13-20(24-2)22(19)25-3)17-10-11-26-18-9-8-14-6-4-5-7-16(14)21(17)18/h4-10,12-13H,11H2,1-3H3. The van der Waals surface area contributed by atoms with Crippen molar-refractivity contribution in [2.24, 2.45) is 0 Å². The number of methoxy groups -OCH3 is 3. The Morgan fingerprint density at radius 2 is 1.58 bits per heavy atom. The summed E-state index contributed by atoms with van der Waals surface area (Å²) in [5, 5.41) is 2.33. The predicted molar refractivity (Wildman–Crippen MR) is 103 cm³/mol. The molecule has 1 aliphatic heterocycles. The van der Waals surface area contributed by atoms with Gasteiger partial charge < -0.3 is 18.9 Å². The quantitative estimate of drug-likeness (QED) is 0.685. The number of hydrogen-bond acceptors (Lipinski definition) is 4. The van der Waals surface area contributed by atoms with Crippen molar-refractivity contribution in [3.63, 3.8) is 0 Å². The first kappa shape index (κ1) is 16.3. The first-order valence-corrected chi connectivity index (χ1v) is 8.42. The number of hydrogen-bond donors (Lipinski definition) is 0. The van der Waals surface area contributed by atoms with Crippen molar-refractivity contribution < 1.29 is 18.9 Å². The van der Waals surface area contributed by atoms with Gasteiger partial charge in [-0.25, -0.2) is 0 Å². The molecule has 0 atom stereocenters. The lowest BCUT2D eigenvalue weighted by molar-refractivity contribution is 0.324. The molecule has 0 fully saturated rings. The maximum atomic E-state index is 5.88. The maximum Gasteiger partial charge on any atom is 0.203 e. The van der Waals surface area contributed by atoms with Crippen LogP contribution in [0.5, 0.6) is 23.0 Å². The van der Waals surface area contributed by atoms with E-state index in [9.17, 15) is 0 Å². The van der Waals surface area contributed by atoms with Crippen molar-refractivity contribution in [3.8, 4) is 23.0 Å². The van der Waals surface area contributed by atoms with Crippen LogP contribution in [0.15, 0.2) is 54.6 Å². The van der Waals surface area contributed by atoms with Crippen LogP contribution in [0.25, 0.3) is 16.3 Å². The van der Waals surface area contributed by atoms with Gasteiger partial charge in [0.2, 0.25) is 5.75 Å². The summed E-state index contributed by atoms with van der Waals surface area (Å²) < 4.78 is 22.4. The van der Waals surface area contributed by atoms with Crippen LogP contribution in [0, 0.1) is 0 Å². The van der Waals surface area contributed by atoms with Crippen molar-refractivity contribution in [2.75, 3.05) is 27.9 Å². The van der Waals surface area contributed by atoms with Crippen LogP contribution in [0.3, 0.4) is 0 Å². The third kappa shape index (κ3) is 2.54. The highest BCUT2D eigenvalue weighted by Crippen LogP contribution is 2.44. The Balaban J connectivity index is 1.96. The smallest absolute Gasteiger partial charge is 0.203 e. The van der Waals surface area contributed by atoms with Crippen molar-refractivity contribution in [1.82, 2.24) is 0 Å². The van der Waals surface area contributed by atoms with E-state index in [-0.39, 0.29) is 0 Å². The summed E-state index contributed by atoms with van der Waals surface area (Å²) in [6.07, 6.45) is 2.09. The third-order valence-corrected chi connectivity index (χ3v) is 4.66. The largest absolute Gasteiger partial charge is 0.493 e. The van der Waals surface area contributed by atoms with Gasteiger partial charge in [-0.2, -0.15) is 0 Å². The van der Waals surface area contributed by atoms with E-state index in [1.54, 1.807) is 21.3 Å². The zero-order chi connectivity index (χ0) is 18.1. The summed E-state index contributed by atoms with van der Waals surface area (Å²) in [7, 11) is 4.86. The molecule has 0 bridgehead atoms. The fourth-order valence-corrected chi connectivity index (χ4v) is 3.47. The van der Waals surface area contributed by atoms with Gasteiger partial charge in [0.05, 0.1) is 21.3 Å². The van der Waals surface area contributed by atoms with Gasteiger partial charge in [-0.05, 0) is 46.2 Å². The summed E-state index contributed by atoms with van der Waals surface area (Å²) in [6, 6.07) is 16.4. The van der Waals surface area contributed by atoms with Crippen LogP contribution in [-0.2, 0) is 0 Å². The topological polar surface area (TPSA) is 36.9 Å². The van der Waals surface area contributed by atoms with Crippen LogP contribution in [-0.4, -0.2) is 27.9 Å². The molecule has 0 aromatic heterocycles. The number of benzene rings is 3. The highest BCUT2D eigenvalue weighted by Gasteiger charge is 2.21. The monoisotopic (exact) mass is 348 g/mol. The van der Waals surface area contributed by atoms with E-state index >= 15 is 0 Å². The minimum atomic E-state index is 0.525. The second-order valence-corrected chi connectivity index (χ2v) is 6.00. The molecule has 0 amide bonds. The molecule has 0 N–H and O–H groups in total. The Hall–Kier alpha value is -3.14. The highest BCUT2D eigenvalue weighted by atomic mass is 16.5. The summed E-state index contributed by atoms with van der Waals surface area (Å²) in [5.41, 5.74) is 3.19. The summed E-state index contributed by atoms with van der Waals surface area (Å²) in [4.78, 5) is 0. The fourth-order valence-electron chi connectivity index (χ4n) is 3.47. The number of fused-ring (bicyclic) bond motifs is 3. The van der Waals surface area contributed by atoms with E-state index in [0.29, 0.717) is 23.9 Å². The molecular formula is C22H20O4. The van der Waals surface area contributed by atoms with Crippen LogP contribution >= 0.6 is 0 Å². The zero-order valence-corrected chi connectivity index (χ0v) is 15.0. The van der Waals surface area contributed by atoms with Crippen LogP contribution in [0.1, 0.15) is 11.1 Å². The Labute approximate surface area is 152 Å². The molecule has 3 aromatic rings. The van der Waals surface area contributed by atoms with Gasteiger partial charge in [-0.3, -0.25) is 0 Å². The van der Waals surface area contributed by atoms with E-state index in [1.165, 1.54) is 5.39 Å². The molecule has 4 heteroatoms. The Morgan fingerprint density at radius 1 is 0.846 bits per heavy atom. The maximum absolute atomic E-state index is 5.88. The molecule has 4 nitrogen and oxygen atoms in total. The molecule has 0 saturated heterocycles. The average molecular weight is 348 g/mol. The van der Waals surface area contributed by atoms with Gasteiger partial charge in [0.25, 0.3) is 0 Å². The number of ether oxygens (including phenoxy) is 4. The van der Waals surface area contributed by atoms with Gasteiger partial charge in [0.15, 0.2) is 11.5 Å². The van der Waals surface area contributed by atoms with Gasteiger partial charge in [0, 0.05) is 5.56 Å². The first-order valence-electron chi connectivity index (χ1n) is 8.42. The van der Waals surface area contributed by atoms with Crippen molar-refractivity contribution >= 4 is 16.3 Å². The van der Waals surface area contributed by atoms with Crippen LogP contribution in [0.2, 0.25) is 0 Å². The minimum Gasteiger partial charge on any atom is -0.493 e. The fraction of sp³-hybridized carbons (Fsp3) is 0.182. The van der Waals surface area contributed by atoms with E-state index in [2.05, 4.69) is 24.3 Å². The van der Waals surface area contributed by atoms with Crippen molar-refractivity contribution in [2.45, 2.75) is 0 Å². The van der Waals surface area contributed by atoms with E-state index < -0.39 is 0 Å². The molecule has 4 rings (SSSR count). The van der Waals surface area contributed by atoms with Crippen LogP contribution < -0.4 is 18.9 Å². The lowest BCUT2D eigenvalue weighted by Gasteiger charge is -2.22. The molecule has 0 saturated carbocycles. The molecule has 26 heavy (non-hydrogen) atoms. The molecule has 1 aliphatic rings. The molecule has 0 radical (unpaired) electrons. The van der Waals surface area contributed by atoms with Gasteiger partial charge in [-0.1, -0.05) is 30.3 Å². The van der Waals surface area contributed by atoms with E-state index in [4.69, 9.17) is 18.9 Å². The van der Waals surface area contributed by atoms with Crippen molar-refractivity contribution in [3.05, 3.63) is 65.7 Å². The second kappa shape index (κ2) is 6.64. The Bertz CT molecular complexity index is 979. The average Bonchev–Trinajstić information content (AvgIpc) is 2.71. The molecule has 1 heterocycles. The van der Waals surface area contributed by atoms with Gasteiger partial charge >= 0.3 is 0 Å². The summed E-state index contributed by atoms with van der Waals surface area (Å²) in [6.45, 7) is 0.525. The van der Waals surface area contributed by atoms with Crippen LogP contribution in [0.4, 0.5) is 0 Å². The second-order valence-electron chi connectivity index (χ2n) is 6.00. The normalized spacial score (nSPS) is 12.8. The molecule has 0 unspecified atom stereocenters.